The van der Waals surface area contributed by atoms with Crippen molar-refractivity contribution in [1.82, 2.24) is 9.88 Å². The minimum atomic E-state index is 0.281. The lowest BCUT2D eigenvalue weighted by molar-refractivity contribution is -0.127. The number of rotatable bonds is 4. The quantitative estimate of drug-likeness (QED) is 0.806. The summed E-state index contributed by atoms with van der Waals surface area (Å²) in [7, 11) is 0. The summed E-state index contributed by atoms with van der Waals surface area (Å²) in [5, 5.41) is 2.07. The molecule has 3 rings (SSSR count). The standard InChI is InChI=1S/C16H17BrN2O/c17-9-13-8-16(20)19(11-13)6-5-12-7-14-3-1-2-4-15(14)18-10-12/h1-4,7,10,13H,5-6,8-9,11H2. The normalized spacial score (nSPS) is 18.9. The van der Waals surface area contributed by atoms with Gasteiger partial charge in [0, 0.05) is 36.4 Å². The highest BCUT2D eigenvalue weighted by Crippen LogP contribution is 2.20. The average Bonchev–Trinajstić information content (AvgIpc) is 2.85. The maximum absolute atomic E-state index is 11.9. The Hall–Kier alpha value is -1.42. The van der Waals surface area contributed by atoms with Gasteiger partial charge in [-0.2, -0.15) is 0 Å². The van der Waals surface area contributed by atoms with Crippen LogP contribution in [0.1, 0.15) is 12.0 Å². The molecule has 2 aromatic rings. The second kappa shape index (κ2) is 5.92. The van der Waals surface area contributed by atoms with Crippen LogP contribution in [-0.2, 0) is 11.2 Å². The van der Waals surface area contributed by atoms with Crippen LogP contribution in [0.5, 0.6) is 0 Å². The van der Waals surface area contributed by atoms with E-state index in [1.807, 2.05) is 29.3 Å². The fraction of sp³-hybridized carbons (Fsp3) is 0.375. The Morgan fingerprint density at radius 2 is 2.20 bits per heavy atom. The highest BCUT2D eigenvalue weighted by molar-refractivity contribution is 9.09. The number of carbonyl (C=O) groups is 1. The molecule has 0 aliphatic carbocycles. The first kappa shape index (κ1) is 13.6. The molecule has 1 atom stereocenters. The number of halogens is 1. The highest BCUT2D eigenvalue weighted by Gasteiger charge is 2.28. The van der Waals surface area contributed by atoms with Crippen LogP contribution in [0.25, 0.3) is 10.9 Å². The zero-order valence-electron chi connectivity index (χ0n) is 11.3. The Morgan fingerprint density at radius 3 is 3.00 bits per heavy atom. The third-order valence-electron chi connectivity index (χ3n) is 3.83. The van der Waals surface area contributed by atoms with Gasteiger partial charge in [-0.3, -0.25) is 9.78 Å². The van der Waals surface area contributed by atoms with Crippen LogP contribution in [0.2, 0.25) is 0 Å². The van der Waals surface area contributed by atoms with E-state index in [9.17, 15) is 4.79 Å². The van der Waals surface area contributed by atoms with Crippen LogP contribution in [0.4, 0.5) is 0 Å². The summed E-state index contributed by atoms with van der Waals surface area (Å²) >= 11 is 3.47. The topological polar surface area (TPSA) is 33.2 Å². The summed E-state index contributed by atoms with van der Waals surface area (Å²) in [6.45, 7) is 1.67. The number of benzene rings is 1. The van der Waals surface area contributed by atoms with Crippen LogP contribution in [0, 0.1) is 5.92 Å². The summed E-state index contributed by atoms with van der Waals surface area (Å²) in [5.41, 5.74) is 2.21. The first-order valence-corrected chi connectivity index (χ1v) is 8.06. The number of alkyl halides is 1. The van der Waals surface area contributed by atoms with Crippen LogP contribution in [0.15, 0.2) is 36.5 Å². The maximum Gasteiger partial charge on any atom is 0.222 e. The van der Waals surface area contributed by atoms with Crippen LogP contribution in [-0.4, -0.2) is 34.2 Å². The van der Waals surface area contributed by atoms with E-state index in [4.69, 9.17) is 0 Å². The number of fused-ring (bicyclic) bond motifs is 1. The average molecular weight is 333 g/mol. The Labute approximate surface area is 127 Å². The number of aromatic nitrogens is 1. The van der Waals surface area contributed by atoms with Gasteiger partial charge in [0.15, 0.2) is 0 Å². The SMILES string of the molecule is O=C1CC(CBr)CN1CCc1cnc2ccccc2c1. The van der Waals surface area contributed by atoms with E-state index in [1.54, 1.807) is 0 Å². The zero-order chi connectivity index (χ0) is 13.9. The van der Waals surface area contributed by atoms with Gasteiger partial charge in [0.25, 0.3) is 0 Å². The first-order valence-electron chi connectivity index (χ1n) is 6.93. The molecule has 0 bridgehead atoms. The van der Waals surface area contributed by atoms with Crippen molar-refractivity contribution in [2.45, 2.75) is 12.8 Å². The third-order valence-corrected chi connectivity index (χ3v) is 4.75. The van der Waals surface area contributed by atoms with Crippen molar-refractivity contribution in [3.05, 3.63) is 42.1 Å². The monoisotopic (exact) mass is 332 g/mol. The molecule has 0 N–H and O–H groups in total. The first-order chi connectivity index (χ1) is 9.76. The molecule has 0 saturated carbocycles. The molecule has 4 heteroatoms. The minimum absolute atomic E-state index is 0.281. The van der Waals surface area contributed by atoms with Gasteiger partial charge in [0.2, 0.25) is 5.91 Å². The molecular formula is C16H17BrN2O. The van der Waals surface area contributed by atoms with Gasteiger partial charge < -0.3 is 4.90 Å². The van der Waals surface area contributed by atoms with E-state index < -0.39 is 0 Å². The van der Waals surface area contributed by atoms with Crippen LogP contribution in [0.3, 0.4) is 0 Å². The van der Waals surface area contributed by atoms with Crippen molar-refractivity contribution in [2.24, 2.45) is 5.92 Å². The van der Waals surface area contributed by atoms with E-state index in [0.29, 0.717) is 12.3 Å². The summed E-state index contributed by atoms with van der Waals surface area (Å²) < 4.78 is 0. The van der Waals surface area contributed by atoms with Crippen molar-refractivity contribution in [2.75, 3.05) is 18.4 Å². The third kappa shape index (κ3) is 2.85. The van der Waals surface area contributed by atoms with Gasteiger partial charge in [0.05, 0.1) is 5.52 Å². The molecule has 1 fully saturated rings. The lowest BCUT2D eigenvalue weighted by Gasteiger charge is -2.16. The molecule has 1 aromatic heterocycles. The van der Waals surface area contributed by atoms with Gasteiger partial charge in [-0.15, -0.1) is 0 Å². The Kier molecular flexibility index (Phi) is 4.01. The minimum Gasteiger partial charge on any atom is -0.342 e. The molecule has 1 unspecified atom stereocenters. The van der Waals surface area contributed by atoms with Crippen molar-refractivity contribution in [1.29, 1.82) is 0 Å². The molecule has 104 valence electrons. The van der Waals surface area contributed by atoms with Gasteiger partial charge in [0.1, 0.15) is 0 Å². The van der Waals surface area contributed by atoms with E-state index in [2.05, 4.69) is 33.0 Å². The molecule has 20 heavy (non-hydrogen) atoms. The second-order valence-electron chi connectivity index (χ2n) is 5.35. The van der Waals surface area contributed by atoms with E-state index in [1.165, 1.54) is 5.56 Å². The number of nitrogens with zero attached hydrogens (tertiary/aromatic N) is 2. The number of likely N-dealkylation sites (tertiary alicyclic amines) is 1. The van der Waals surface area contributed by atoms with Crippen LogP contribution >= 0.6 is 15.9 Å². The largest absolute Gasteiger partial charge is 0.342 e. The predicted molar refractivity (Wildman–Crippen MR) is 83.9 cm³/mol. The number of amides is 1. The molecule has 1 aliphatic rings. The molecule has 0 radical (unpaired) electrons. The Balaban J connectivity index is 1.66. The van der Waals surface area contributed by atoms with Gasteiger partial charge in [-0.1, -0.05) is 34.1 Å². The molecule has 2 heterocycles. The number of para-hydroxylation sites is 1. The number of carbonyl (C=O) groups excluding carboxylic acids is 1. The van der Waals surface area contributed by atoms with E-state index in [-0.39, 0.29) is 5.91 Å². The fourth-order valence-electron chi connectivity index (χ4n) is 2.69. The summed E-state index contributed by atoms with van der Waals surface area (Å²) in [5.74, 6) is 0.750. The molecule has 3 nitrogen and oxygen atoms in total. The summed E-state index contributed by atoms with van der Waals surface area (Å²) in [6, 6.07) is 10.3. The molecule has 1 saturated heterocycles. The fourth-order valence-corrected chi connectivity index (χ4v) is 3.12. The molecule has 0 spiro atoms. The smallest absolute Gasteiger partial charge is 0.222 e. The van der Waals surface area contributed by atoms with E-state index >= 15 is 0 Å². The van der Waals surface area contributed by atoms with Crippen molar-refractivity contribution >= 4 is 32.7 Å². The van der Waals surface area contributed by atoms with Crippen molar-refractivity contribution < 1.29 is 4.79 Å². The highest BCUT2D eigenvalue weighted by atomic mass is 79.9. The van der Waals surface area contributed by atoms with Gasteiger partial charge >= 0.3 is 0 Å². The maximum atomic E-state index is 11.9. The molecular weight excluding hydrogens is 316 g/mol. The van der Waals surface area contributed by atoms with Crippen molar-refractivity contribution in [3.8, 4) is 0 Å². The second-order valence-corrected chi connectivity index (χ2v) is 6.00. The summed E-state index contributed by atoms with van der Waals surface area (Å²) in [6.07, 6.45) is 3.48. The molecule has 1 amide bonds. The predicted octanol–water partition coefficient (Wildman–Crippen LogP) is 3.02. The summed E-state index contributed by atoms with van der Waals surface area (Å²) in [4.78, 5) is 18.3. The van der Waals surface area contributed by atoms with E-state index in [0.717, 1.165) is 35.7 Å². The molecule has 1 aromatic carbocycles. The van der Waals surface area contributed by atoms with Crippen molar-refractivity contribution in [3.63, 3.8) is 0 Å². The van der Waals surface area contributed by atoms with Gasteiger partial charge in [-0.25, -0.2) is 0 Å². The molecule has 1 aliphatic heterocycles. The number of pyridine rings is 1. The zero-order valence-corrected chi connectivity index (χ0v) is 12.8. The van der Waals surface area contributed by atoms with Gasteiger partial charge in [-0.05, 0) is 30.0 Å². The lowest BCUT2D eigenvalue weighted by Crippen LogP contribution is -2.27. The Bertz CT molecular complexity index is 629. The number of hydrogen-bond acceptors (Lipinski definition) is 2. The Morgan fingerprint density at radius 1 is 1.35 bits per heavy atom. The van der Waals surface area contributed by atoms with Crippen LogP contribution < -0.4 is 0 Å². The lowest BCUT2D eigenvalue weighted by atomic mass is 10.1. The number of hydrogen-bond donors (Lipinski definition) is 0.